The molecule has 0 N–H and O–H groups in total. The molecule has 1 aliphatic heterocycles. The highest BCUT2D eigenvalue weighted by molar-refractivity contribution is 5.97. The van der Waals surface area contributed by atoms with Gasteiger partial charge in [0.15, 0.2) is 5.82 Å². The Morgan fingerprint density at radius 1 is 1.15 bits per heavy atom. The van der Waals surface area contributed by atoms with Gasteiger partial charge in [0.1, 0.15) is 5.75 Å². The average molecular weight is 352 g/mol. The minimum absolute atomic E-state index is 0.0490. The summed E-state index contributed by atoms with van der Waals surface area (Å²) in [7, 11) is 3.10. The molecule has 8 heteroatoms. The number of nitro benzene ring substituents is 1. The van der Waals surface area contributed by atoms with Crippen molar-refractivity contribution in [1.82, 2.24) is 9.97 Å². The van der Waals surface area contributed by atoms with Crippen LogP contribution in [0.25, 0.3) is 10.9 Å². The number of hydrogen-bond donors (Lipinski definition) is 0. The van der Waals surface area contributed by atoms with Crippen LogP contribution in [0.1, 0.15) is 5.56 Å². The molecular formula is C18H16N4O4. The third-order valence-electron chi connectivity index (χ3n) is 4.48. The zero-order valence-corrected chi connectivity index (χ0v) is 14.3. The molecule has 0 bridgehead atoms. The van der Waals surface area contributed by atoms with E-state index in [0.717, 1.165) is 23.1 Å². The van der Waals surface area contributed by atoms with E-state index in [2.05, 4.69) is 9.97 Å². The van der Waals surface area contributed by atoms with Gasteiger partial charge in [-0.1, -0.05) is 12.1 Å². The first-order chi connectivity index (χ1) is 12.6. The van der Waals surface area contributed by atoms with E-state index in [0.29, 0.717) is 23.6 Å². The summed E-state index contributed by atoms with van der Waals surface area (Å²) in [5, 5.41) is 11.9. The number of benzene rings is 2. The van der Waals surface area contributed by atoms with Crippen molar-refractivity contribution in [3.05, 3.63) is 52.1 Å². The Morgan fingerprint density at radius 3 is 2.73 bits per heavy atom. The third-order valence-corrected chi connectivity index (χ3v) is 4.48. The van der Waals surface area contributed by atoms with Gasteiger partial charge in [-0.2, -0.15) is 9.97 Å². The molecule has 2 aromatic carbocycles. The highest BCUT2D eigenvalue weighted by Gasteiger charge is 2.27. The van der Waals surface area contributed by atoms with Crippen LogP contribution >= 0.6 is 0 Å². The lowest BCUT2D eigenvalue weighted by Crippen LogP contribution is -2.16. The van der Waals surface area contributed by atoms with Crippen LogP contribution in [-0.2, 0) is 6.42 Å². The Labute approximate surface area is 149 Å². The summed E-state index contributed by atoms with van der Waals surface area (Å²) in [5.74, 6) is 1.25. The number of rotatable bonds is 4. The number of ether oxygens (including phenoxy) is 2. The standard InChI is InChI=1S/C18H16N4O4/c1-25-15-5-3-4-13-16(15)17(20-18(19-13)26-2)21-9-8-11-6-7-12(22(23)24)10-14(11)21/h3-7,10H,8-9H2,1-2H3. The molecule has 0 aliphatic carbocycles. The molecule has 2 heterocycles. The van der Waals surface area contributed by atoms with E-state index in [-0.39, 0.29) is 11.7 Å². The molecular weight excluding hydrogens is 336 g/mol. The summed E-state index contributed by atoms with van der Waals surface area (Å²) in [6.07, 6.45) is 0.774. The Morgan fingerprint density at radius 2 is 2.00 bits per heavy atom. The van der Waals surface area contributed by atoms with Crippen molar-refractivity contribution in [1.29, 1.82) is 0 Å². The van der Waals surface area contributed by atoms with E-state index in [1.165, 1.54) is 13.2 Å². The first-order valence-electron chi connectivity index (χ1n) is 8.06. The predicted octanol–water partition coefficient (Wildman–Crippen LogP) is 3.25. The summed E-state index contributed by atoms with van der Waals surface area (Å²) in [6.45, 7) is 0.657. The molecule has 0 radical (unpaired) electrons. The molecule has 3 aromatic rings. The van der Waals surface area contributed by atoms with Gasteiger partial charge in [0.05, 0.1) is 35.7 Å². The number of methoxy groups -OCH3 is 2. The largest absolute Gasteiger partial charge is 0.496 e. The highest BCUT2D eigenvalue weighted by atomic mass is 16.6. The maximum absolute atomic E-state index is 11.2. The topological polar surface area (TPSA) is 90.6 Å². The molecule has 0 atom stereocenters. The first-order valence-corrected chi connectivity index (χ1v) is 8.06. The van der Waals surface area contributed by atoms with Gasteiger partial charge < -0.3 is 14.4 Å². The van der Waals surface area contributed by atoms with Gasteiger partial charge in [0, 0.05) is 18.7 Å². The van der Waals surface area contributed by atoms with E-state index in [4.69, 9.17) is 9.47 Å². The van der Waals surface area contributed by atoms with Gasteiger partial charge >= 0.3 is 6.01 Å². The Hall–Kier alpha value is -3.42. The molecule has 4 rings (SSSR count). The van der Waals surface area contributed by atoms with Crippen LogP contribution in [0.2, 0.25) is 0 Å². The average Bonchev–Trinajstić information content (AvgIpc) is 3.09. The maximum Gasteiger partial charge on any atom is 0.318 e. The van der Waals surface area contributed by atoms with E-state index in [1.807, 2.05) is 23.1 Å². The quantitative estimate of drug-likeness (QED) is 0.526. The molecule has 0 unspecified atom stereocenters. The minimum Gasteiger partial charge on any atom is -0.496 e. The zero-order valence-electron chi connectivity index (χ0n) is 14.3. The normalized spacial score (nSPS) is 12.9. The number of fused-ring (bicyclic) bond motifs is 2. The van der Waals surface area contributed by atoms with Crippen LogP contribution in [0.3, 0.4) is 0 Å². The summed E-state index contributed by atoms with van der Waals surface area (Å²) in [5.41, 5.74) is 2.54. The lowest BCUT2D eigenvalue weighted by molar-refractivity contribution is -0.384. The van der Waals surface area contributed by atoms with E-state index in [9.17, 15) is 10.1 Å². The second-order valence-electron chi connectivity index (χ2n) is 5.86. The number of nitro groups is 1. The summed E-state index contributed by atoms with van der Waals surface area (Å²) in [6, 6.07) is 10.7. The van der Waals surface area contributed by atoms with Crippen molar-refractivity contribution in [2.75, 3.05) is 25.7 Å². The van der Waals surface area contributed by atoms with Crippen molar-refractivity contribution in [3.63, 3.8) is 0 Å². The van der Waals surface area contributed by atoms with Crippen LogP contribution in [0.4, 0.5) is 17.2 Å². The van der Waals surface area contributed by atoms with Gasteiger partial charge in [0.2, 0.25) is 0 Å². The minimum atomic E-state index is -0.393. The van der Waals surface area contributed by atoms with Gasteiger partial charge in [-0.15, -0.1) is 0 Å². The van der Waals surface area contributed by atoms with Crippen LogP contribution in [0.5, 0.6) is 11.8 Å². The SMILES string of the molecule is COc1nc(N2CCc3ccc([N+](=O)[O-])cc32)c2c(OC)cccc2n1. The van der Waals surface area contributed by atoms with Crippen molar-refractivity contribution < 1.29 is 14.4 Å². The number of anilines is 2. The number of non-ortho nitro benzene ring substituents is 1. The Balaban J connectivity index is 1.96. The van der Waals surface area contributed by atoms with Crippen LogP contribution in [0, 0.1) is 10.1 Å². The predicted molar refractivity (Wildman–Crippen MR) is 96.4 cm³/mol. The fraction of sp³-hybridized carbons (Fsp3) is 0.222. The molecule has 0 saturated heterocycles. The van der Waals surface area contributed by atoms with Crippen LogP contribution in [-0.4, -0.2) is 35.7 Å². The molecule has 0 amide bonds. The molecule has 8 nitrogen and oxygen atoms in total. The van der Waals surface area contributed by atoms with Crippen LogP contribution in [0.15, 0.2) is 36.4 Å². The highest BCUT2D eigenvalue weighted by Crippen LogP contribution is 2.41. The second-order valence-corrected chi connectivity index (χ2v) is 5.86. The summed E-state index contributed by atoms with van der Waals surface area (Å²) < 4.78 is 10.7. The third kappa shape index (κ3) is 2.46. The smallest absolute Gasteiger partial charge is 0.318 e. The monoisotopic (exact) mass is 352 g/mol. The first kappa shape index (κ1) is 16.1. The Bertz CT molecular complexity index is 1020. The molecule has 132 valence electrons. The zero-order chi connectivity index (χ0) is 18.3. The second kappa shape index (κ2) is 6.14. The molecule has 1 aromatic heterocycles. The summed E-state index contributed by atoms with van der Waals surface area (Å²) in [4.78, 5) is 21.7. The van der Waals surface area contributed by atoms with Crippen molar-refractivity contribution in [3.8, 4) is 11.8 Å². The van der Waals surface area contributed by atoms with Gasteiger partial charge in [-0.3, -0.25) is 10.1 Å². The fourth-order valence-electron chi connectivity index (χ4n) is 3.27. The molecule has 0 spiro atoms. The van der Waals surface area contributed by atoms with Crippen molar-refractivity contribution in [2.24, 2.45) is 0 Å². The number of aromatic nitrogens is 2. The van der Waals surface area contributed by atoms with Crippen molar-refractivity contribution in [2.45, 2.75) is 6.42 Å². The molecule has 0 fully saturated rings. The lowest BCUT2D eigenvalue weighted by Gasteiger charge is -2.21. The van der Waals surface area contributed by atoms with Crippen LogP contribution < -0.4 is 14.4 Å². The van der Waals surface area contributed by atoms with E-state index < -0.39 is 4.92 Å². The van der Waals surface area contributed by atoms with Gasteiger partial charge in [0.25, 0.3) is 5.69 Å². The van der Waals surface area contributed by atoms with Crippen molar-refractivity contribution >= 4 is 28.1 Å². The number of nitrogens with zero attached hydrogens (tertiary/aromatic N) is 4. The maximum atomic E-state index is 11.2. The summed E-state index contributed by atoms with van der Waals surface area (Å²) >= 11 is 0. The Kier molecular flexibility index (Phi) is 3.80. The molecule has 26 heavy (non-hydrogen) atoms. The van der Waals surface area contributed by atoms with E-state index in [1.54, 1.807) is 19.2 Å². The molecule has 0 saturated carbocycles. The van der Waals surface area contributed by atoms with Gasteiger partial charge in [-0.25, -0.2) is 0 Å². The lowest BCUT2D eigenvalue weighted by atomic mass is 10.1. The fourth-order valence-corrected chi connectivity index (χ4v) is 3.27. The van der Waals surface area contributed by atoms with Gasteiger partial charge in [-0.05, 0) is 24.1 Å². The number of hydrogen-bond acceptors (Lipinski definition) is 7. The van der Waals surface area contributed by atoms with E-state index >= 15 is 0 Å². The molecule has 1 aliphatic rings.